The number of rotatable bonds is 34. The van der Waals surface area contributed by atoms with E-state index in [0.29, 0.717) is 74.0 Å². The standard InChI is InChI=1S/C52H78N2O8/c1-7-13-17-21-27-57-45-31-39-40(32-46(45)58-28-22-18-14-8-2)44-36-50(62-38-52(56)54-26-12-6)48(60-30-24-20-16-10-4)34-42(44)41-33-47(59-29-23-19-15-9-3)49(35-43(39)41)61-37-51(55)53-25-11-5/h31-36H,7-30,37-38H2,1-6H3,(H,53,55)(H,54,56). The molecule has 0 aliphatic heterocycles. The first kappa shape index (κ1) is 50.0. The highest BCUT2D eigenvalue weighted by molar-refractivity contribution is 6.27. The van der Waals surface area contributed by atoms with Gasteiger partial charge in [-0.3, -0.25) is 9.59 Å². The van der Waals surface area contributed by atoms with Gasteiger partial charge in [0.25, 0.3) is 11.8 Å². The molecule has 0 unspecified atom stereocenters. The average Bonchev–Trinajstić information content (AvgIpc) is 3.28. The Morgan fingerprint density at radius 2 is 0.581 bits per heavy atom. The number of hydrogen-bond donors (Lipinski definition) is 2. The molecule has 2 N–H and O–H groups in total. The summed E-state index contributed by atoms with van der Waals surface area (Å²) in [7, 11) is 0. The third kappa shape index (κ3) is 15.9. The molecular formula is C52H78N2O8. The topological polar surface area (TPSA) is 114 Å². The van der Waals surface area contributed by atoms with Crippen LogP contribution in [0, 0.1) is 0 Å². The second-order valence-corrected chi connectivity index (χ2v) is 16.4. The van der Waals surface area contributed by atoms with Crippen LogP contribution in [0.25, 0.3) is 32.3 Å². The summed E-state index contributed by atoms with van der Waals surface area (Å²) in [5.74, 6) is 3.19. The molecule has 0 aliphatic carbocycles. The zero-order chi connectivity index (χ0) is 44.4. The van der Waals surface area contributed by atoms with E-state index in [1.165, 1.54) is 0 Å². The molecule has 0 spiro atoms. The lowest BCUT2D eigenvalue weighted by Gasteiger charge is -2.20. The minimum atomic E-state index is -0.180. The minimum absolute atomic E-state index is 0.131. The summed E-state index contributed by atoms with van der Waals surface area (Å²) < 4.78 is 38.8. The zero-order valence-electron chi connectivity index (χ0n) is 39.1. The number of unbranched alkanes of at least 4 members (excludes halogenated alkanes) is 12. The van der Waals surface area contributed by atoms with Crippen molar-refractivity contribution in [1.82, 2.24) is 10.6 Å². The molecule has 0 atom stereocenters. The van der Waals surface area contributed by atoms with Gasteiger partial charge in [-0.2, -0.15) is 0 Å². The van der Waals surface area contributed by atoms with Crippen molar-refractivity contribution in [1.29, 1.82) is 0 Å². The molecule has 0 heterocycles. The van der Waals surface area contributed by atoms with Gasteiger partial charge in [0.2, 0.25) is 0 Å². The fourth-order valence-corrected chi connectivity index (χ4v) is 7.45. The van der Waals surface area contributed by atoms with Crippen LogP contribution >= 0.6 is 0 Å². The van der Waals surface area contributed by atoms with E-state index in [1.807, 2.05) is 38.1 Å². The van der Waals surface area contributed by atoms with E-state index in [1.54, 1.807) is 0 Å². The lowest BCUT2D eigenvalue weighted by Crippen LogP contribution is -2.29. The Morgan fingerprint density at radius 3 is 0.806 bits per heavy atom. The van der Waals surface area contributed by atoms with Gasteiger partial charge >= 0.3 is 0 Å². The maximum atomic E-state index is 12.9. The summed E-state index contributed by atoms with van der Waals surface area (Å²) in [4.78, 5) is 25.7. The van der Waals surface area contributed by atoms with E-state index in [2.05, 4.69) is 50.5 Å². The summed E-state index contributed by atoms with van der Waals surface area (Å²) in [6.07, 6.45) is 18.9. The molecular weight excluding hydrogens is 781 g/mol. The second-order valence-electron chi connectivity index (χ2n) is 16.4. The highest BCUT2D eigenvalue weighted by atomic mass is 16.5. The lowest BCUT2D eigenvalue weighted by atomic mass is 9.93. The molecule has 62 heavy (non-hydrogen) atoms. The Morgan fingerprint density at radius 1 is 0.339 bits per heavy atom. The summed E-state index contributed by atoms with van der Waals surface area (Å²) in [6, 6.07) is 12.3. The maximum Gasteiger partial charge on any atom is 0.257 e. The molecule has 0 saturated heterocycles. The van der Waals surface area contributed by atoms with Gasteiger partial charge in [0, 0.05) is 13.1 Å². The Kier molecular flexibility index (Phi) is 23.3. The van der Waals surface area contributed by atoms with Crippen molar-refractivity contribution in [3.05, 3.63) is 36.4 Å². The van der Waals surface area contributed by atoms with Gasteiger partial charge in [-0.1, -0.05) is 119 Å². The number of fused-ring (bicyclic) bond motifs is 6. The predicted molar refractivity (Wildman–Crippen MR) is 255 cm³/mol. The van der Waals surface area contributed by atoms with Crippen LogP contribution < -0.4 is 39.1 Å². The average molecular weight is 859 g/mol. The van der Waals surface area contributed by atoms with Crippen LogP contribution in [0.3, 0.4) is 0 Å². The number of benzene rings is 4. The van der Waals surface area contributed by atoms with Gasteiger partial charge in [-0.25, -0.2) is 0 Å². The summed E-state index contributed by atoms with van der Waals surface area (Å²) in [5.41, 5.74) is 0. The van der Waals surface area contributed by atoms with Crippen molar-refractivity contribution < 1.29 is 38.0 Å². The molecule has 0 saturated carbocycles. The highest BCUT2D eigenvalue weighted by Gasteiger charge is 2.21. The predicted octanol–water partition coefficient (Wildman–Crippen LogP) is 12.8. The van der Waals surface area contributed by atoms with Gasteiger partial charge in [0.1, 0.15) is 0 Å². The Labute approximate surface area is 372 Å². The van der Waals surface area contributed by atoms with E-state index in [9.17, 15) is 9.59 Å². The molecule has 0 aliphatic rings. The molecule has 2 amide bonds. The summed E-state index contributed by atoms with van der Waals surface area (Å²) >= 11 is 0. The number of amides is 2. The molecule has 0 radical (unpaired) electrons. The second kappa shape index (κ2) is 28.9. The molecule has 4 rings (SSSR count). The Hall–Kier alpha value is -4.60. The minimum Gasteiger partial charge on any atom is -0.490 e. The van der Waals surface area contributed by atoms with Crippen LogP contribution in [-0.4, -0.2) is 64.5 Å². The molecule has 4 aromatic rings. The van der Waals surface area contributed by atoms with Crippen molar-refractivity contribution >= 4 is 44.1 Å². The van der Waals surface area contributed by atoms with Crippen molar-refractivity contribution in [3.8, 4) is 34.5 Å². The van der Waals surface area contributed by atoms with E-state index in [-0.39, 0.29) is 25.0 Å². The third-order valence-electron chi connectivity index (χ3n) is 11.0. The van der Waals surface area contributed by atoms with E-state index < -0.39 is 0 Å². The SMILES string of the molecule is CCCCCCOc1cc2c(cc1OCCCCCC)c1cc(OCC(=O)NCCC)c(OCCCCCC)cc1c1cc(OCCCCCC)c(OCC(=O)NCCC)cc21. The first-order valence-corrected chi connectivity index (χ1v) is 24.2. The largest absolute Gasteiger partial charge is 0.490 e. The molecule has 0 aromatic heterocycles. The van der Waals surface area contributed by atoms with Crippen LogP contribution in [0.5, 0.6) is 34.5 Å². The number of ether oxygens (including phenoxy) is 6. The van der Waals surface area contributed by atoms with Crippen molar-refractivity contribution in [2.24, 2.45) is 0 Å². The zero-order valence-corrected chi connectivity index (χ0v) is 39.1. The molecule has 4 aromatic carbocycles. The maximum absolute atomic E-state index is 12.9. The lowest BCUT2D eigenvalue weighted by molar-refractivity contribution is -0.123. The quantitative estimate of drug-likeness (QED) is 0.0353. The van der Waals surface area contributed by atoms with Crippen molar-refractivity contribution in [3.63, 3.8) is 0 Å². The van der Waals surface area contributed by atoms with E-state index in [4.69, 9.17) is 28.4 Å². The molecule has 0 bridgehead atoms. The van der Waals surface area contributed by atoms with Crippen LogP contribution in [0.1, 0.15) is 157 Å². The van der Waals surface area contributed by atoms with Gasteiger partial charge in [0.05, 0.1) is 26.4 Å². The summed E-state index contributed by atoms with van der Waals surface area (Å²) in [5, 5.41) is 11.4. The normalized spacial score (nSPS) is 11.3. The van der Waals surface area contributed by atoms with Crippen LogP contribution in [0.2, 0.25) is 0 Å². The Bertz CT molecular complexity index is 1790. The van der Waals surface area contributed by atoms with Gasteiger partial charge in [-0.05, 0) is 107 Å². The number of hydrogen-bond acceptors (Lipinski definition) is 8. The first-order valence-electron chi connectivity index (χ1n) is 24.2. The van der Waals surface area contributed by atoms with Crippen molar-refractivity contribution in [2.75, 3.05) is 52.7 Å². The molecule has 344 valence electrons. The molecule has 0 fully saturated rings. The number of nitrogens with one attached hydrogen (secondary N) is 2. The fourth-order valence-electron chi connectivity index (χ4n) is 7.45. The first-order chi connectivity index (χ1) is 30.4. The monoisotopic (exact) mass is 859 g/mol. The van der Waals surface area contributed by atoms with E-state index in [0.717, 1.165) is 148 Å². The van der Waals surface area contributed by atoms with E-state index >= 15 is 0 Å². The van der Waals surface area contributed by atoms with Gasteiger partial charge < -0.3 is 39.1 Å². The van der Waals surface area contributed by atoms with Crippen LogP contribution in [0.4, 0.5) is 0 Å². The summed E-state index contributed by atoms with van der Waals surface area (Å²) in [6.45, 7) is 16.0. The number of carbonyl (C=O) groups is 2. The molecule has 10 nitrogen and oxygen atoms in total. The van der Waals surface area contributed by atoms with Crippen molar-refractivity contribution in [2.45, 2.75) is 157 Å². The van der Waals surface area contributed by atoms with Gasteiger partial charge in [0.15, 0.2) is 47.7 Å². The van der Waals surface area contributed by atoms with Crippen LogP contribution in [-0.2, 0) is 9.59 Å². The molecule has 10 heteroatoms. The fraction of sp³-hybridized carbons (Fsp3) is 0.615. The highest BCUT2D eigenvalue weighted by Crippen LogP contribution is 2.47. The van der Waals surface area contributed by atoms with Gasteiger partial charge in [-0.15, -0.1) is 0 Å². The number of carbonyl (C=O) groups excluding carboxylic acids is 2. The van der Waals surface area contributed by atoms with Crippen LogP contribution in [0.15, 0.2) is 36.4 Å². The smallest absolute Gasteiger partial charge is 0.257 e. The Balaban J connectivity index is 1.99. The third-order valence-corrected chi connectivity index (χ3v) is 11.0.